The van der Waals surface area contributed by atoms with Crippen molar-refractivity contribution in [1.29, 1.82) is 0 Å². The molecule has 2 N–H and O–H groups in total. The van der Waals surface area contributed by atoms with E-state index in [0.29, 0.717) is 13.1 Å². The van der Waals surface area contributed by atoms with Crippen LogP contribution < -0.4 is 5.73 Å². The van der Waals surface area contributed by atoms with Gasteiger partial charge in [-0.15, -0.1) is 6.42 Å². The Morgan fingerprint density at radius 1 is 1.44 bits per heavy atom. The Kier molecular flexibility index (Phi) is 5.41. The van der Waals surface area contributed by atoms with E-state index in [1.807, 2.05) is 44.2 Å². The van der Waals surface area contributed by atoms with Gasteiger partial charge < -0.3 is 10.6 Å². The number of nitrogens with two attached hydrogens (primary N) is 1. The van der Waals surface area contributed by atoms with Gasteiger partial charge in [0.25, 0.3) is 0 Å². The molecule has 0 aliphatic heterocycles. The van der Waals surface area contributed by atoms with Gasteiger partial charge in [0, 0.05) is 12.6 Å². The second-order valence-corrected chi connectivity index (χ2v) is 4.28. The molecule has 2 atom stereocenters. The Morgan fingerprint density at radius 2 is 2.06 bits per heavy atom. The van der Waals surface area contributed by atoms with Crippen LogP contribution in [0.4, 0.5) is 0 Å². The highest BCUT2D eigenvalue weighted by molar-refractivity contribution is 5.79. The summed E-state index contributed by atoms with van der Waals surface area (Å²) < 4.78 is 0. The summed E-state index contributed by atoms with van der Waals surface area (Å²) in [6.45, 7) is 4.70. The fourth-order valence-electron chi connectivity index (χ4n) is 1.86. The summed E-state index contributed by atoms with van der Waals surface area (Å²) in [5, 5.41) is 0. The standard InChI is InChI=1S/C15H20N2O/c1-4-11-17(5-2)15(18)12(3)14(16)13-9-7-6-8-10-13/h1,6-10,12,14H,5,11,16H2,2-3H3. The summed E-state index contributed by atoms with van der Waals surface area (Å²) in [4.78, 5) is 13.9. The maximum Gasteiger partial charge on any atom is 0.228 e. The van der Waals surface area contributed by atoms with Gasteiger partial charge in [-0.3, -0.25) is 4.79 Å². The first kappa shape index (κ1) is 14.3. The molecule has 0 spiro atoms. The highest BCUT2D eigenvalue weighted by Crippen LogP contribution is 2.20. The van der Waals surface area contributed by atoms with Gasteiger partial charge in [-0.1, -0.05) is 43.2 Å². The second-order valence-electron chi connectivity index (χ2n) is 4.28. The van der Waals surface area contributed by atoms with Crippen LogP contribution in [-0.2, 0) is 4.79 Å². The maximum absolute atomic E-state index is 12.2. The van der Waals surface area contributed by atoms with Crippen molar-refractivity contribution in [2.75, 3.05) is 13.1 Å². The molecule has 1 aromatic carbocycles. The van der Waals surface area contributed by atoms with Crippen LogP contribution in [0.1, 0.15) is 25.5 Å². The Hall–Kier alpha value is -1.79. The van der Waals surface area contributed by atoms with Crippen LogP contribution in [0, 0.1) is 18.3 Å². The van der Waals surface area contributed by atoms with E-state index in [1.165, 1.54) is 0 Å². The molecule has 0 aliphatic rings. The van der Waals surface area contributed by atoms with Crippen molar-refractivity contribution < 1.29 is 4.79 Å². The number of amides is 1. The zero-order valence-corrected chi connectivity index (χ0v) is 11.0. The highest BCUT2D eigenvalue weighted by Gasteiger charge is 2.25. The van der Waals surface area contributed by atoms with Crippen molar-refractivity contribution in [3.63, 3.8) is 0 Å². The van der Waals surface area contributed by atoms with Gasteiger partial charge >= 0.3 is 0 Å². The molecular weight excluding hydrogens is 224 g/mol. The van der Waals surface area contributed by atoms with Crippen molar-refractivity contribution in [2.24, 2.45) is 11.7 Å². The quantitative estimate of drug-likeness (QED) is 0.803. The number of hydrogen-bond acceptors (Lipinski definition) is 2. The predicted molar refractivity (Wildman–Crippen MR) is 73.6 cm³/mol. The average Bonchev–Trinajstić information content (AvgIpc) is 2.43. The number of nitrogens with zero attached hydrogens (tertiary/aromatic N) is 1. The van der Waals surface area contributed by atoms with Crippen LogP contribution in [0.2, 0.25) is 0 Å². The minimum Gasteiger partial charge on any atom is -0.332 e. The molecule has 0 fully saturated rings. The summed E-state index contributed by atoms with van der Waals surface area (Å²) in [5.74, 6) is 2.23. The average molecular weight is 244 g/mol. The third kappa shape index (κ3) is 3.35. The van der Waals surface area contributed by atoms with Gasteiger partial charge in [-0.05, 0) is 12.5 Å². The van der Waals surface area contributed by atoms with Crippen LogP contribution in [0.15, 0.2) is 30.3 Å². The van der Waals surface area contributed by atoms with E-state index in [0.717, 1.165) is 5.56 Å². The first-order valence-electron chi connectivity index (χ1n) is 6.14. The fourth-order valence-corrected chi connectivity index (χ4v) is 1.86. The van der Waals surface area contributed by atoms with Crippen molar-refractivity contribution >= 4 is 5.91 Å². The predicted octanol–water partition coefficient (Wildman–Crippen LogP) is 1.80. The number of terminal acetylenes is 1. The molecule has 0 radical (unpaired) electrons. The summed E-state index contributed by atoms with van der Waals surface area (Å²) in [6, 6.07) is 9.35. The molecule has 3 heteroatoms. The minimum absolute atomic E-state index is 0.00630. The first-order chi connectivity index (χ1) is 8.61. The number of hydrogen-bond donors (Lipinski definition) is 1. The van der Waals surface area contributed by atoms with E-state index in [2.05, 4.69) is 5.92 Å². The van der Waals surface area contributed by atoms with Crippen molar-refractivity contribution in [1.82, 2.24) is 4.90 Å². The minimum atomic E-state index is -0.300. The molecule has 0 bridgehead atoms. The molecule has 0 heterocycles. The lowest BCUT2D eigenvalue weighted by molar-refractivity contribution is -0.134. The molecule has 1 amide bonds. The molecule has 0 aromatic heterocycles. The molecule has 0 saturated heterocycles. The lowest BCUT2D eigenvalue weighted by Gasteiger charge is -2.26. The van der Waals surface area contributed by atoms with E-state index in [-0.39, 0.29) is 17.9 Å². The van der Waals surface area contributed by atoms with Crippen LogP contribution in [0.3, 0.4) is 0 Å². The van der Waals surface area contributed by atoms with Crippen LogP contribution in [0.5, 0.6) is 0 Å². The Bertz CT molecular complexity index is 422. The molecule has 1 rings (SSSR count). The van der Waals surface area contributed by atoms with Gasteiger partial charge in [0.2, 0.25) is 5.91 Å². The zero-order chi connectivity index (χ0) is 13.5. The van der Waals surface area contributed by atoms with E-state index >= 15 is 0 Å². The molecule has 3 nitrogen and oxygen atoms in total. The monoisotopic (exact) mass is 244 g/mol. The molecule has 18 heavy (non-hydrogen) atoms. The third-order valence-electron chi connectivity index (χ3n) is 3.09. The fraction of sp³-hybridized carbons (Fsp3) is 0.400. The Balaban J connectivity index is 2.78. The summed E-state index contributed by atoms with van der Waals surface area (Å²) in [5.41, 5.74) is 7.10. The van der Waals surface area contributed by atoms with E-state index < -0.39 is 0 Å². The van der Waals surface area contributed by atoms with Gasteiger partial charge in [-0.2, -0.15) is 0 Å². The summed E-state index contributed by atoms with van der Waals surface area (Å²) in [6.07, 6.45) is 5.26. The molecular formula is C15H20N2O. The van der Waals surface area contributed by atoms with Gasteiger partial charge in [0.05, 0.1) is 12.5 Å². The first-order valence-corrected chi connectivity index (χ1v) is 6.14. The Morgan fingerprint density at radius 3 is 2.56 bits per heavy atom. The van der Waals surface area contributed by atoms with E-state index in [4.69, 9.17) is 12.2 Å². The van der Waals surface area contributed by atoms with Gasteiger partial charge in [-0.25, -0.2) is 0 Å². The highest BCUT2D eigenvalue weighted by atomic mass is 16.2. The van der Waals surface area contributed by atoms with Crippen molar-refractivity contribution in [2.45, 2.75) is 19.9 Å². The van der Waals surface area contributed by atoms with E-state index in [9.17, 15) is 4.79 Å². The van der Waals surface area contributed by atoms with Crippen LogP contribution in [0.25, 0.3) is 0 Å². The zero-order valence-electron chi connectivity index (χ0n) is 11.0. The number of benzene rings is 1. The largest absolute Gasteiger partial charge is 0.332 e. The SMILES string of the molecule is C#CCN(CC)C(=O)C(C)C(N)c1ccccc1. The van der Waals surface area contributed by atoms with Crippen molar-refractivity contribution in [3.05, 3.63) is 35.9 Å². The van der Waals surface area contributed by atoms with Gasteiger partial charge in [0.1, 0.15) is 0 Å². The lowest BCUT2D eigenvalue weighted by atomic mass is 9.94. The normalized spacial score (nSPS) is 13.4. The maximum atomic E-state index is 12.2. The topological polar surface area (TPSA) is 46.3 Å². The summed E-state index contributed by atoms with van der Waals surface area (Å²) >= 11 is 0. The van der Waals surface area contributed by atoms with Gasteiger partial charge in [0.15, 0.2) is 0 Å². The third-order valence-corrected chi connectivity index (χ3v) is 3.09. The Labute approximate surface area is 109 Å². The lowest BCUT2D eigenvalue weighted by Crippen LogP contribution is -2.39. The molecule has 96 valence electrons. The second kappa shape index (κ2) is 6.83. The molecule has 0 aliphatic carbocycles. The smallest absolute Gasteiger partial charge is 0.228 e. The number of carbonyl (C=O) groups is 1. The van der Waals surface area contributed by atoms with Crippen molar-refractivity contribution in [3.8, 4) is 12.3 Å². The van der Waals surface area contributed by atoms with Crippen LogP contribution in [-0.4, -0.2) is 23.9 Å². The molecule has 2 unspecified atom stereocenters. The van der Waals surface area contributed by atoms with E-state index in [1.54, 1.807) is 4.90 Å². The molecule has 1 aromatic rings. The molecule has 0 saturated carbocycles. The number of rotatable bonds is 5. The number of carbonyl (C=O) groups excluding carboxylic acids is 1. The van der Waals surface area contributed by atoms with Crippen LogP contribution >= 0.6 is 0 Å². The summed E-state index contributed by atoms with van der Waals surface area (Å²) in [7, 11) is 0.